The molecule has 2 aromatic carbocycles. The number of rotatable bonds is 4. The molecule has 0 saturated carbocycles. The van der Waals surface area contributed by atoms with Crippen LogP contribution in [0.15, 0.2) is 34.8 Å². The molecule has 0 fully saturated rings. The Kier molecular flexibility index (Phi) is 5.48. The van der Waals surface area contributed by atoms with E-state index in [1.807, 2.05) is 19.2 Å². The minimum atomic E-state index is 0.214. The summed E-state index contributed by atoms with van der Waals surface area (Å²) in [5.74, 6) is 0. The van der Waals surface area contributed by atoms with Crippen LogP contribution < -0.4 is 5.32 Å². The van der Waals surface area contributed by atoms with Gasteiger partial charge in [0, 0.05) is 15.5 Å². The number of hydrogen-bond acceptors (Lipinski definition) is 1. The highest BCUT2D eigenvalue weighted by atomic mass is 79.9. The van der Waals surface area contributed by atoms with Gasteiger partial charge in [-0.3, -0.25) is 0 Å². The Morgan fingerprint density at radius 1 is 1.10 bits per heavy atom. The van der Waals surface area contributed by atoms with Crippen LogP contribution in [0.25, 0.3) is 0 Å². The summed E-state index contributed by atoms with van der Waals surface area (Å²) in [5, 5.41) is 4.19. The molecule has 3 heteroatoms. The molecule has 0 aliphatic heterocycles. The standard InChI is InChI=1S/C18H21BrClN/c1-11-7-12(2)16(13(3)8-11)10-18(21-4)15-6-5-14(19)9-17(15)20/h5-9,18,21H,10H2,1-4H3. The first-order valence-corrected chi connectivity index (χ1v) is 8.28. The predicted molar refractivity (Wildman–Crippen MR) is 95.3 cm³/mol. The number of likely N-dealkylation sites (N-methyl/N-ethyl adjacent to an activating group) is 1. The summed E-state index contributed by atoms with van der Waals surface area (Å²) in [6.07, 6.45) is 0.940. The molecular weight excluding hydrogens is 346 g/mol. The Labute approximate surface area is 140 Å². The van der Waals surface area contributed by atoms with Crippen LogP contribution in [0.4, 0.5) is 0 Å². The zero-order chi connectivity index (χ0) is 15.6. The minimum Gasteiger partial charge on any atom is -0.313 e. The van der Waals surface area contributed by atoms with E-state index in [-0.39, 0.29) is 6.04 Å². The number of benzene rings is 2. The molecule has 1 unspecified atom stereocenters. The van der Waals surface area contributed by atoms with Crippen molar-refractivity contribution in [3.05, 3.63) is 67.6 Å². The fourth-order valence-corrected chi connectivity index (χ4v) is 3.69. The number of nitrogens with one attached hydrogen (secondary N) is 1. The van der Waals surface area contributed by atoms with Gasteiger partial charge in [-0.2, -0.15) is 0 Å². The molecule has 21 heavy (non-hydrogen) atoms. The molecular formula is C18H21BrClN. The van der Waals surface area contributed by atoms with Gasteiger partial charge in [0.1, 0.15) is 0 Å². The normalized spacial score (nSPS) is 12.5. The van der Waals surface area contributed by atoms with Crippen molar-refractivity contribution < 1.29 is 0 Å². The van der Waals surface area contributed by atoms with Crippen molar-refractivity contribution in [2.75, 3.05) is 7.05 Å². The van der Waals surface area contributed by atoms with Gasteiger partial charge in [0.05, 0.1) is 0 Å². The van der Waals surface area contributed by atoms with Crippen LogP contribution in [0.1, 0.15) is 33.9 Å². The summed E-state index contributed by atoms with van der Waals surface area (Å²) in [4.78, 5) is 0. The van der Waals surface area contributed by atoms with E-state index in [4.69, 9.17) is 11.6 Å². The van der Waals surface area contributed by atoms with E-state index < -0.39 is 0 Å². The summed E-state index contributed by atoms with van der Waals surface area (Å²) in [6, 6.07) is 10.8. The van der Waals surface area contributed by atoms with E-state index in [0.29, 0.717) is 0 Å². The van der Waals surface area contributed by atoms with E-state index in [9.17, 15) is 0 Å². The van der Waals surface area contributed by atoms with E-state index in [2.05, 4.69) is 60.2 Å². The molecule has 0 aliphatic rings. The van der Waals surface area contributed by atoms with Gasteiger partial charge < -0.3 is 5.32 Å². The van der Waals surface area contributed by atoms with E-state index in [0.717, 1.165) is 21.5 Å². The first-order chi connectivity index (χ1) is 9.92. The lowest BCUT2D eigenvalue weighted by Crippen LogP contribution is -2.20. The average Bonchev–Trinajstić information content (AvgIpc) is 2.39. The summed E-state index contributed by atoms with van der Waals surface area (Å²) in [7, 11) is 1.99. The largest absolute Gasteiger partial charge is 0.313 e. The molecule has 1 N–H and O–H groups in total. The summed E-state index contributed by atoms with van der Waals surface area (Å²) in [5.41, 5.74) is 6.55. The van der Waals surface area contributed by atoms with Crippen molar-refractivity contribution in [2.45, 2.75) is 33.2 Å². The highest BCUT2D eigenvalue weighted by molar-refractivity contribution is 9.10. The van der Waals surface area contributed by atoms with E-state index in [1.165, 1.54) is 22.3 Å². The third-order valence-corrected chi connectivity index (χ3v) is 4.76. The molecule has 0 aliphatic carbocycles. The quantitative estimate of drug-likeness (QED) is 0.750. The lowest BCUT2D eigenvalue weighted by atomic mass is 9.91. The molecule has 0 bridgehead atoms. The molecule has 0 amide bonds. The van der Waals surface area contributed by atoms with Crippen LogP contribution >= 0.6 is 27.5 Å². The summed E-state index contributed by atoms with van der Waals surface area (Å²) in [6.45, 7) is 6.52. The Hall–Kier alpha value is -0.830. The van der Waals surface area contributed by atoms with Gasteiger partial charge in [0.15, 0.2) is 0 Å². The molecule has 1 nitrogen and oxygen atoms in total. The van der Waals surface area contributed by atoms with Gasteiger partial charge in [-0.25, -0.2) is 0 Å². The zero-order valence-electron chi connectivity index (χ0n) is 12.9. The monoisotopic (exact) mass is 365 g/mol. The van der Waals surface area contributed by atoms with Gasteiger partial charge in [-0.1, -0.05) is 51.3 Å². The van der Waals surface area contributed by atoms with Gasteiger partial charge in [-0.15, -0.1) is 0 Å². The Balaban J connectivity index is 2.36. The maximum atomic E-state index is 6.40. The molecule has 2 rings (SSSR count). The fourth-order valence-electron chi connectivity index (χ4n) is 2.89. The second kappa shape index (κ2) is 6.95. The Morgan fingerprint density at radius 3 is 2.24 bits per heavy atom. The van der Waals surface area contributed by atoms with Crippen LogP contribution in [0, 0.1) is 20.8 Å². The van der Waals surface area contributed by atoms with Crippen molar-refractivity contribution >= 4 is 27.5 Å². The third kappa shape index (κ3) is 3.88. The topological polar surface area (TPSA) is 12.0 Å². The van der Waals surface area contributed by atoms with Crippen molar-refractivity contribution in [1.29, 1.82) is 0 Å². The molecule has 0 aromatic heterocycles. The maximum Gasteiger partial charge on any atom is 0.0465 e. The fraction of sp³-hybridized carbons (Fsp3) is 0.333. The van der Waals surface area contributed by atoms with Crippen molar-refractivity contribution in [3.63, 3.8) is 0 Å². The van der Waals surface area contributed by atoms with Crippen LogP contribution in [0.3, 0.4) is 0 Å². The molecule has 0 spiro atoms. The molecule has 112 valence electrons. The molecule has 0 saturated heterocycles. The van der Waals surface area contributed by atoms with Crippen LogP contribution in [0.5, 0.6) is 0 Å². The minimum absolute atomic E-state index is 0.214. The molecule has 0 heterocycles. The van der Waals surface area contributed by atoms with Gasteiger partial charge in [-0.05, 0) is 68.6 Å². The Bertz CT molecular complexity index is 629. The highest BCUT2D eigenvalue weighted by Gasteiger charge is 2.16. The van der Waals surface area contributed by atoms with Gasteiger partial charge in [0.2, 0.25) is 0 Å². The summed E-state index contributed by atoms with van der Waals surface area (Å²) < 4.78 is 1.01. The smallest absolute Gasteiger partial charge is 0.0465 e. The van der Waals surface area contributed by atoms with E-state index in [1.54, 1.807) is 0 Å². The van der Waals surface area contributed by atoms with Gasteiger partial charge in [0.25, 0.3) is 0 Å². The number of halogens is 2. The van der Waals surface area contributed by atoms with E-state index >= 15 is 0 Å². The Morgan fingerprint density at radius 2 is 1.71 bits per heavy atom. The van der Waals surface area contributed by atoms with Crippen molar-refractivity contribution in [3.8, 4) is 0 Å². The first-order valence-electron chi connectivity index (χ1n) is 7.11. The number of aryl methyl sites for hydroxylation is 3. The number of hydrogen-bond donors (Lipinski definition) is 1. The highest BCUT2D eigenvalue weighted by Crippen LogP contribution is 2.30. The third-order valence-electron chi connectivity index (χ3n) is 3.93. The van der Waals surface area contributed by atoms with Crippen LogP contribution in [0.2, 0.25) is 5.02 Å². The molecule has 2 aromatic rings. The van der Waals surface area contributed by atoms with Crippen LogP contribution in [-0.2, 0) is 6.42 Å². The van der Waals surface area contributed by atoms with Crippen molar-refractivity contribution in [1.82, 2.24) is 5.32 Å². The van der Waals surface area contributed by atoms with Gasteiger partial charge >= 0.3 is 0 Å². The summed E-state index contributed by atoms with van der Waals surface area (Å²) >= 11 is 9.86. The second-order valence-electron chi connectivity index (χ2n) is 5.59. The average molecular weight is 367 g/mol. The second-order valence-corrected chi connectivity index (χ2v) is 6.91. The SMILES string of the molecule is CNC(Cc1c(C)cc(C)cc1C)c1ccc(Br)cc1Cl. The first kappa shape index (κ1) is 16.5. The lowest BCUT2D eigenvalue weighted by Gasteiger charge is -2.21. The maximum absolute atomic E-state index is 6.40. The molecule has 1 atom stereocenters. The zero-order valence-corrected chi connectivity index (χ0v) is 15.3. The predicted octanol–water partition coefficient (Wildman–Crippen LogP) is 5.53. The van der Waals surface area contributed by atoms with Crippen molar-refractivity contribution in [2.24, 2.45) is 0 Å². The van der Waals surface area contributed by atoms with Crippen LogP contribution in [-0.4, -0.2) is 7.05 Å². The lowest BCUT2D eigenvalue weighted by molar-refractivity contribution is 0.589. The molecule has 0 radical (unpaired) electrons.